The summed E-state index contributed by atoms with van der Waals surface area (Å²) in [7, 11) is 0. The Balaban J connectivity index is 1.85. The van der Waals surface area contributed by atoms with Crippen molar-refractivity contribution in [1.29, 1.82) is 0 Å². The number of hydrogen-bond donors (Lipinski definition) is 1. The van der Waals surface area contributed by atoms with E-state index < -0.39 is 5.97 Å². The van der Waals surface area contributed by atoms with Crippen molar-refractivity contribution < 1.29 is 19.4 Å². The van der Waals surface area contributed by atoms with Crippen LogP contribution in [0, 0.1) is 0 Å². The molecule has 0 atom stereocenters. The minimum atomic E-state index is -1.11. The molecule has 0 radical (unpaired) electrons. The van der Waals surface area contributed by atoms with Crippen LogP contribution in [0.5, 0.6) is 11.5 Å². The third-order valence-electron chi connectivity index (χ3n) is 2.33. The quantitative estimate of drug-likeness (QED) is 0.806. The van der Waals surface area contributed by atoms with Gasteiger partial charge in [0.1, 0.15) is 19.0 Å². The molecule has 2 rings (SSSR count). The van der Waals surface area contributed by atoms with Crippen molar-refractivity contribution in [3.8, 4) is 11.5 Å². The van der Waals surface area contributed by atoms with Gasteiger partial charge in [-0.1, -0.05) is 18.2 Å². The molecule has 0 saturated heterocycles. The molecule has 0 aliphatic rings. The molecule has 0 bridgehead atoms. The average Bonchev–Trinajstić information content (AvgIpc) is 2.45. The predicted octanol–water partition coefficient (Wildman–Crippen LogP) is 2.24. The maximum Gasteiger partial charge on any atom is 0.358 e. The fourth-order valence-corrected chi connectivity index (χ4v) is 1.50. The van der Waals surface area contributed by atoms with Crippen molar-refractivity contribution in [3.05, 3.63) is 54.4 Å². The monoisotopic (exact) mass is 259 g/mol. The number of nitrogens with zero attached hydrogens (tertiary/aromatic N) is 1. The average molecular weight is 259 g/mol. The summed E-state index contributed by atoms with van der Waals surface area (Å²) in [4.78, 5) is 14.7. The van der Waals surface area contributed by atoms with Gasteiger partial charge in [-0.2, -0.15) is 0 Å². The molecular formula is C14H13NO4. The highest BCUT2D eigenvalue weighted by atomic mass is 16.5. The van der Waals surface area contributed by atoms with E-state index in [1.165, 1.54) is 6.20 Å². The van der Waals surface area contributed by atoms with E-state index in [1.807, 2.05) is 30.3 Å². The van der Waals surface area contributed by atoms with Gasteiger partial charge in [0.05, 0.1) is 0 Å². The van der Waals surface area contributed by atoms with Gasteiger partial charge in [-0.15, -0.1) is 0 Å². The summed E-state index contributed by atoms with van der Waals surface area (Å²) in [5.74, 6) is -0.123. The number of rotatable bonds is 6. The second-order valence-electron chi connectivity index (χ2n) is 3.67. The van der Waals surface area contributed by atoms with E-state index in [0.29, 0.717) is 6.61 Å². The molecule has 98 valence electrons. The van der Waals surface area contributed by atoms with E-state index in [1.54, 1.807) is 12.1 Å². The van der Waals surface area contributed by atoms with Crippen LogP contribution in [0.1, 0.15) is 10.5 Å². The number of hydrogen-bond acceptors (Lipinski definition) is 4. The minimum absolute atomic E-state index is 0.0952. The molecule has 0 aliphatic carbocycles. The van der Waals surface area contributed by atoms with Gasteiger partial charge < -0.3 is 14.6 Å². The van der Waals surface area contributed by atoms with E-state index in [2.05, 4.69) is 4.98 Å². The van der Waals surface area contributed by atoms with Gasteiger partial charge >= 0.3 is 5.97 Å². The molecule has 0 saturated carbocycles. The number of carboxylic acid groups (broad SMARTS) is 1. The van der Waals surface area contributed by atoms with Crippen molar-refractivity contribution in [2.75, 3.05) is 13.2 Å². The van der Waals surface area contributed by atoms with Crippen molar-refractivity contribution in [1.82, 2.24) is 4.98 Å². The molecule has 19 heavy (non-hydrogen) atoms. The van der Waals surface area contributed by atoms with Crippen LogP contribution in [0.15, 0.2) is 48.7 Å². The zero-order chi connectivity index (χ0) is 13.5. The first-order valence-corrected chi connectivity index (χ1v) is 5.76. The molecule has 0 unspecified atom stereocenters. The van der Waals surface area contributed by atoms with Gasteiger partial charge in [0.15, 0.2) is 11.4 Å². The number of benzene rings is 1. The maximum atomic E-state index is 10.9. The Kier molecular flexibility index (Phi) is 4.34. The van der Waals surface area contributed by atoms with Gasteiger partial charge in [-0.25, -0.2) is 9.78 Å². The molecule has 0 aliphatic heterocycles. The Morgan fingerprint density at radius 3 is 2.53 bits per heavy atom. The first kappa shape index (κ1) is 12.9. The largest absolute Gasteiger partial charge is 0.490 e. The summed E-state index contributed by atoms with van der Waals surface area (Å²) in [6.07, 6.45) is 1.41. The summed E-state index contributed by atoms with van der Waals surface area (Å²) in [5, 5.41) is 8.93. The molecular weight excluding hydrogens is 246 g/mol. The SMILES string of the molecule is O=C(O)c1ncccc1OCCOc1ccccc1. The van der Waals surface area contributed by atoms with Crippen LogP contribution in [0.3, 0.4) is 0 Å². The summed E-state index contributed by atoms with van der Waals surface area (Å²) in [5.41, 5.74) is -0.0952. The molecule has 1 aromatic carbocycles. The molecule has 5 heteroatoms. The lowest BCUT2D eigenvalue weighted by atomic mass is 10.3. The van der Waals surface area contributed by atoms with Crippen molar-refractivity contribution in [2.24, 2.45) is 0 Å². The Morgan fingerprint density at radius 2 is 1.79 bits per heavy atom. The minimum Gasteiger partial charge on any atom is -0.490 e. The van der Waals surface area contributed by atoms with Crippen LogP contribution in [0.25, 0.3) is 0 Å². The van der Waals surface area contributed by atoms with Gasteiger partial charge in [0.2, 0.25) is 0 Å². The van der Waals surface area contributed by atoms with E-state index in [9.17, 15) is 4.79 Å². The lowest BCUT2D eigenvalue weighted by molar-refractivity contribution is 0.0684. The fraction of sp³-hybridized carbons (Fsp3) is 0.143. The van der Waals surface area contributed by atoms with Crippen LogP contribution < -0.4 is 9.47 Å². The molecule has 1 aromatic heterocycles. The van der Waals surface area contributed by atoms with Crippen LogP contribution in [0.4, 0.5) is 0 Å². The Labute approximate surface area is 110 Å². The summed E-state index contributed by atoms with van der Waals surface area (Å²) < 4.78 is 10.8. The highest BCUT2D eigenvalue weighted by Crippen LogP contribution is 2.15. The zero-order valence-corrected chi connectivity index (χ0v) is 10.2. The van der Waals surface area contributed by atoms with Gasteiger partial charge in [0, 0.05) is 6.20 Å². The maximum absolute atomic E-state index is 10.9. The van der Waals surface area contributed by atoms with E-state index in [-0.39, 0.29) is 18.1 Å². The van der Waals surface area contributed by atoms with Crippen molar-refractivity contribution >= 4 is 5.97 Å². The molecule has 2 aromatic rings. The zero-order valence-electron chi connectivity index (χ0n) is 10.2. The second kappa shape index (κ2) is 6.39. The summed E-state index contributed by atoms with van der Waals surface area (Å²) in [6.45, 7) is 0.582. The highest BCUT2D eigenvalue weighted by molar-refractivity contribution is 5.88. The Bertz CT molecular complexity index is 542. The third kappa shape index (κ3) is 3.70. The molecule has 1 N–H and O–H groups in total. The number of pyridine rings is 1. The number of carboxylic acids is 1. The van der Waals surface area contributed by atoms with Gasteiger partial charge in [-0.05, 0) is 24.3 Å². The molecule has 1 heterocycles. The number of ether oxygens (including phenoxy) is 2. The van der Waals surface area contributed by atoms with Gasteiger partial charge in [0.25, 0.3) is 0 Å². The number of para-hydroxylation sites is 1. The van der Waals surface area contributed by atoms with Crippen LogP contribution in [0.2, 0.25) is 0 Å². The molecule has 0 amide bonds. The molecule has 0 fully saturated rings. The summed E-state index contributed by atoms with van der Waals surface area (Å²) in [6, 6.07) is 12.5. The topological polar surface area (TPSA) is 68.7 Å². The van der Waals surface area contributed by atoms with E-state index in [0.717, 1.165) is 5.75 Å². The number of aromatic nitrogens is 1. The van der Waals surface area contributed by atoms with E-state index in [4.69, 9.17) is 14.6 Å². The molecule has 0 spiro atoms. The third-order valence-corrected chi connectivity index (χ3v) is 2.33. The standard InChI is InChI=1S/C14H13NO4/c16-14(17)13-12(7-4-8-15-13)19-10-9-18-11-5-2-1-3-6-11/h1-8H,9-10H2,(H,16,17). The lowest BCUT2D eigenvalue weighted by Crippen LogP contribution is -2.12. The van der Waals surface area contributed by atoms with Crippen molar-refractivity contribution in [3.63, 3.8) is 0 Å². The number of carbonyl (C=O) groups is 1. The first-order valence-electron chi connectivity index (χ1n) is 5.76. The smallest absolute Gasteiger partial charge is 0.358 e. The van der Waals surface area contributed by atoms with Crippen LogP contribution in [-0.2, 0) is 0 Å². The van der Waals surface area contributed by atoms with Crippen LogP contribution >= 0.6 is 0 Å². The normalized spacial score (nSPS) is 9.89. The highest BCUT2D eigenvalue weighted by Gasteiger charge is 2.11. The fourth-order valence-electron chi connectivity index (χ4n) is 1.50. The number of aromatic carboxylic acids is 1. The van der Waals surface area contributed by atoms with Gasteiger partial charge in [-0.3, -0.25) is 0 Å². The summed E-state index contributed by atoms with van der Waals surface area (Å²) >= 11 is 0. The van der Waals surface area contributed by atoms with Crippen molar-refractivity contribution in [2.45, 2.75) is 0 Å². The predicted molar refractivity (Wildman–Crippen MR) is 68.6 cm³/mol. The molecule has 5 nitrogen and oxygen atoms in total. The van der Waals surface area contributed by atoms with E-state index >= 15 is 0 Å². The first-order chi connectivity index (χ1) is 9.27. The lowest BCUT2D eigenvalue weighted by Gasteiger charge is -2.09. The Hall–Kier alpha value is -2.56. The van der Waals surface area contributed by atoms with Crippen LogP contribution in [-0.4, -0.2) is 29.3 Å². The Morgan fingerprint density at radius 1 is 1.05 bits per heavy atom. The second-order valence-corrected chi connectivity index (χ2v) is 3.67.